The SMILES string of the molecule is FC(F)(F)C(Nc1cc(Cl)c(Cl)cc1Cl)c1ccccc1. The molecule has 0 aliphatic heterocycles. The molecule has 0 spiro atoms. The molecule has 0 saturated heterocycles. The molecule has 0 radical (unpaired) electrons. The van der Waals surface area contributed by atoms with Gasteiger partial charge in [0.15, 0.2) is 0 Å². The first-order valence-corrected chi connectivity index (χ1v) is 6.95. The number of nitrogens with one attached hydrogen (secondary N) is 1. The van der Waals surface area contributed by atoms with E-state index in [1.54, 1.807) is 6.07 Å². The lowest BCUT2D eigenvalue weighted by Crippen LogP contribution is -2.28. The topological polar surface area (TPSA) is 12.0 Å². The molecule has 1 N–H and O–H groups in total. The Labute approximate surface area is 134 Å². The van der Waals surface area contributed by atoms with Crippen molar-refractivity contribution in [1.29, 1.82) is 0 Å². The molecule has 112 valence electrons. The molecule has 1 atom stereocenters. The normalized spacial score (nSPS) is 13.0. The molecular weight excluding hydrogens is 346 g/mol. The lowest BCUT2D eigenvalue weighted by molar-refractivity contribution is -0.144. The maximum atomic E-state index is 13.2. The van der Waals surface area contributed by atoms with Crippen molar-refractivity contribution in [3.05, 3.63) is 63.1 Å². The minimum atomic E-state index is -4.49. The third-order valence-corrected chi connectivity index (χ3v) is 3.80. The first-order valence-electron chi connectivity index (χ1n) is 5.82. The molecule has 0 aliphatic carbocycles. The van der Waals surface area contributed by atoms with E-state index in [2.05, 4.69) is 5.32 Å². The number of hydrogen-bond donors (Lipinski definition) is 1. The van der Waals surface area contributed by atoms with Gasteiger partial charge in [-0.2, -0.15) is 13.2 Å². The summed E-state index contributed by atoms with van der Waals surface area (Å²) in [4.78, 5) is 0. The van der Waals surface area contributed by atoms with E-state index in [-0.39, 0.29) is 26.3 Å². The van der Waals surface area contributed by atoms with Gasteiger partial charge in [-0.15, -0.1) is 0 Å². The van der Waals surface area contributed by atoms with E-state index in [0.717, 1.165) is 0 Å². The average Bonchev–Trinajstić information content (AvgIpc) is 2.41. The molecule has 0 amide bonds. The zero-order valence-electron chi connectivity index (χ0n) is 10.4. The zero-order valence-corrected chi connectivity index (χ0v) is 12.7. The minimum Gasteiger partial charge on any atom is -0.369 e. The van der Waals surface area contributed by atoms with Crippen molar-refractivity contribution in [1.82, 2.24) is 0 Å². The van der Waals surface area contributed by atoms with Gasteiger partial charge in [0.25, 0.3) is 0 Å². The fourth-order valence-corrected chi connectivity index (χ4v) is 2.39. The summed E-state index contributed by atoms with van der Waals surface area (Å²) in [6.45, 7) is 0. The summed E-state index contributed by atoms with van der Waals surface area (Å²) in [6.07, 6.45) is -4.49. The Hall–Kier alpha value is -1.10. The van der Waals surface area contributed by atoms with Crippen molar-refractivity contribution in [3.63, 3.8) is 0 Å². The monoisotopic (exact) mass is 353 g/mol. The summed E-state index contributed by atoms with van der Waals surface area (Å²) in [5.41, 5.74) is 0.143. The first-order chi connectivity index (χ1) is 9.79. The maximum Gasteiger partial charge on any atom is 0.412 e. The Bertz CT molecular complexity index is 629. The van der Waals surface area contributed by atoms with Crippen LogP contribution in [0.15, 0.2) is 42.5 Å². The molecule has 2 aromatic rings. The zero-order chi connectivity index (χ0) is 15.6. The van der Waals surface area contributed by atoms with Crippen LogP contribution in [0.4, 0.5) is 18.9 Å². The first kappa shape index (κ1) is 16.3. The number of benzene rings is 2. The third kappa shape index (κ3) is 3.96. The van der Waals surface area contributed by atoms with Gasteiger partial charge >= 0.3 is 6.18 Å². The summed E-state index contributed by atoms with van der Waals surface area (Å²) < 4.78 is 39.7. The smallest absolute Gasteiger partial charge is 0.369 e. The summed E-state index contributed by atoms with van der Waals surface area (Å²) in [7, 11) is 0. The van der Waals surface area contributed by atoms with Gasteiger partial charge in [-0.3, -0.25) is 0 Å². The van der Waals surface area contributed by atoms with Crippen molar-refractivity contribution < 1.29 is 13.2 Å². The van der Waals surface area contributed by atoms with Crippen LogP contribution in [0.1, 0.15) is 11.6 Å². The number of rotatable bonds is 3. The highest BCUT2D eigenvalue weighted by Gasteiger charge is 2.41. The van der Waals surface area contributed by atoms with E-state index in [9.17, 15) is 13.2 Å². The fourth-order valence-electron chi connectivity index (χ4n) is 1.79. The van der Waals surface area contributed by atoms with Gasteiger partial charge in [0, 0.05) is 0 Å². The van der Waals surface area contributed by atoms with Gasteiger partial charge in [-0.25, -0.2) is 0 Å². The Kier molecular flexibility index (Phi) is 4.91. The van der Waals surface area contributed by atoms with Gasteiger partial charge in [-0.1, -0.05) is 65.1 Å². The van der Waals surface area contributed by atoms with Crippen LogP contribution in [0.2, 0.25) is 15.1 Å². The second kappa shape index (κ2) is 6.34. The molecule has 0 bridgehead atoms. The predicted molar refractivity (Wildman–Crippen MR) is 80.3 cm³/mol. The number of alkyl halides is 3. The highest BCUT2D eigenvalue weighted by molar-refractivity contribution is 6.44. The third-order valence-electron chi connectivity index (χ3n) is 2.77. The molecule has 0 heterocycles. The summed E-state index contributed by atoms with van der Waals surface area (Å²) in [5.74, 6) is 0. The molecule has 7 heteroatoms. The van der Waals surface area contributed by atoms with E-state index in [1.807, 2.05) is 0 Å². The molecule has 2 rings (SSSR count). The predicted octanol–water partition coefficient (Wildman–Crippen LogP) is 6.36. The van der Waals surface area contributed by atoms with Crippen LogP contribution in [0.5, 0.6) is 0 Å². The van der Waals surface area contributed by atoms with Gasteiger partial charge in [0.1, 0.15) is 6.04 Å². The van der Waals surface area contributed by atoms with E-state index in [0.29, 0.717) is 0 Å². The Morgan fingerprint density at radius 3 is 2.00 bits per heavy atom. The summed E-state index contributed by atoms with van der Waals surface area (Å²) in [6, 6.07) is 8.16. The van der Waals surface area contributed by atoms with Crippen LogP contribution in [0, 0.1) is 0 Å². The van der Waals surface area contributed by atoms with Crippen LogP contribution in [-0.2, 0) is 0 Å². The lowest BCUT2D eigenvalue weighted by atomic mass is 10.1. The van der Waals surface area contributed by atoms with Crippen molar-refractivity contribution in [2.75, 3.05) is 5.32 Å². The summed E-state index contributed by atoms with van der Waals surface area (Å²) in [5, 5.41) is 2.74. The highest BCUT2D eigenvalue weighted by atomic mass is 35.5. The summed E-state index contributed by atoms with van der Waals surface area (Å²) >= 11 is 17.5. The van der Waals surface area contributed by atoms with Crippen LogP contribution in [0.3, 0.4) is 0 Å². The molecular formula is C14H9Cl3F3N. The lowest BCUT2D eigenvalue weighted by Gasteiger charge is -2.24. The molecule has 0 saturated carbocycles. The van der Waals surface area contributed by atoms with Crippen molar-refractivity contribution >= 4 is 40.5 Å². The standard InChI is InChI=1S/C14H9Cl3F3N/c15-9-6-11(17)12(7-10(9)16)21-13(14(18,19)20)8-4-2-1-3-5-8/h1-7,13,21H. The van der Waals surface area contributed by atoms with E-state index in [4.69, 9.17) is 34.8 Å². The number of anilines is 1. The van der Waals surface area contributed by atoms with Gasteiger partial charge in [-0.05, 0) is 17.7 Å². The quantitative estimate of drug-likeness (QED) is 0.632. The molecule has 2 aromatic carbocycles. The van der Waals surface area contributed by atoms with Crippen LogP contribution >= 0.6 is 34.8 Å². The number of halogens is 6. The fraction of sp³-hybridized carbons (Fsp3) is 0.143. The Balaban J connectivity index is 2.39. The molecule has 21 heavy (non-hydrogen) atoms. The van der Waals surface area contributed by atoms with Crippen LogP contribution in [0.25, 0.3) is 0 Å². The van der Waals surface area contributed by atoms with Crippen LogP contribution in [-0.4, -0.2) is 6.18 Å². The average molecular weight is 355 g/mol. The molecule has 0 fully saturated rings. The van der Waals surface area contributed by atoms with Crippen LogP contribution < -0.4 is 5.32 Å². The largest absolute Gasteiger partial charge is 0.412 e. The molecule has 1 unspecified atom stereocenters. The molecule has 0 aromatic heterocycles. The molecule has 0 aliphatic rings. The van der Waals surface area contributed by atoms with Crippen molar-refractivity contribution in [2.24, 2.45) is 0 Å². The van der Waals surface area contributed by atoms with E-state index < -0.39 is 12.2 Å². The molecule has 1 nitrogen and oxygen atoms in total. The minimum absolute atomic E-state index is 0.0644. The van der Waals surface area contributed by atoms with Gasteiger partial charge in [0.05, 0.1) is 20.8 Å². The van der Waals surface area contributed by atoms with Crippen molar-refractivity contribution in [3.8, 4) is 0 Å². The van der Waals surface area contributed by atoms with E-state index in [1.165, 1.54) is 36.4 Å². The van der Waals surface area contributed by atoms with Gasteiger partial charge < -0.3 is 5.32 Å². The van der Waals surface area contributed by atoms with E-state index >= 15 is 0 Å². The Morgan fingerprint density at radius 1 is 0.857 bits per heavy atom. The second-order valence-corrected chi connectivity index (χ2v) is 5.50. The van der Waals surface area contributed by atoms with Crippen molar-refractivity contribution in [2.45, 2.75) is 12.2 Å². The maximum absolute atomic E-state index is 13.2. The number of hydrogen-bond acceptors (Lipinski definition) is 1. The highest BCUT2D eigenvalue weighted by Crippen LogP contribution is 2.39. The second-order valence-electron chi connectivity index (χ2n) is 4.28. The Morgan fingerprint density at radius 2 is 1.43 bits per heavy atom. The van der Waals surface area contributed by atoms with Gasteiger partial charge in [0.2, 0.25) is 0 Å².